The Balaban J connectivity index is 1.64. The van der Waals surface area contributed by atoms with E-state index in [-0.39, 0.29) is 23.6 Å². The number of nitrogens with one attached hydrogen (secondary N) is 1. The quantitative estimate of drug-likeness (QED) is 0.455. The average Bonchev–Trinajstić information content (AvgIpc) is 2.83. The molecule has 0 aliphatic rings. The van der Waals surface area contributed by atoms with Crippen LogP contribution in [0.2, 0.25) is 0 Å². The molecule has 4 rings (SSSR count). The Morgan fingerprint density at radius 2 is 1.76 bits per heavy atom. The predicted molar refractivity (Wildman–Crippen MR) is 124 cm³/mol. The smallest absolute Gasteiger partial charge is 0.337 e. The molecule has 2 aromatic carbocycles. The van der Waals surface area contributed by atoms with Crippen LogP contribution in [-0.4, -0.2) is 30.2 Å². The molecule has 0 fully saturated rings. The number of nitrogens with zero attached hydrogens (tertiary/aromatic N) is 4. The fourth-order valence-electron chi connectivity index (χ4n) is 3.11. The molecule has 0 bridgehead atoms. The molecule has 172 valence electrons. The number of pyridine rings is 1. The zero-order chi connectivity index (χ0) is 24.2. The second-order valence-corrected chi connectivity index (χ2v) is 7.57. The van der Waals surface area contributed by atoms with Crippen LogP contribution >= 0.6 is 0 Å². The number of aromatic nitrogens is 4. The number of aromatic amines is 1. The summed E-state index contributed by atoms with van der Waals surface area (Å²) in [5, 5.41) is 8.94. The van der Waals surface area contributed by atoms with E-state index < -0.39 is 17.3 Å². The van der Waals surface area contributed by atoms with Crippen LogP contribution in [0.1, 0.15) is 21.5 Å². The molecular formula is C24H21N5O5. The van der Waals surface area contributed by atoms with Crippen LogP contribution in [0.5, 0.6) is 11.6 Å². The molecule has 2 heterocycles. The maximum atomic E-state index is 12.8. The zero-order valence-corrected chi connectivity index (χ0v) is 18.4. The number of H-pyrrole nitrogens is 1. The molecule has 0 amide bonds. The van der Waals surface area contributed by atoms with Crippen molar-refractivity contribution >= 4 is 11.7 Å². The molecule has 0 unspecified atom stereocenters. The number of benzene rings is 2. The molecule has 0 spiro atoms. The second kappa shape index (κ2) is 9.41. The van der Waals surface area contributed by atoms with Gasteiger partial charge < -0.3 is 9.84 Å². The van der Waals surface area contributed by atoms with Gasteiger partial charge >= 0.3 is 17.3 Å². The van der Waals surface area contributed by atoms with Gasteiger partial charge in [-0.2, -0.15) is 0 Å². The summed E-state index contributed by atoms with van der Waals surface area (Å²) in [5.74, 6) is -0.376. The Kier molecular flexibility index (Phi) is 6.22. The van der Waals surface area contributed by atoms with Gasteiger partial charge in [-0.05, 0) is 42.8 Å². The van der Waals surface area contributed by atoms with Gasteiger partial charge in [-0.15, -0.1) is 0 Å². The van der Waals surface area contributed by atoms with Crippen LogP contribution in [0.3, 0.4) is 0 Å². The lowest BCUT2D eigenvalue weighted by atomic mass is 10.1. The molecular weight excluding hydrogens is 438 g/mol. The zero-order valence-electron chi connectivity index (χ0n) is 18.4. The van der Waals surface area contributed by atoms with Crippen molar-refractivity contribution in [3.8, 4) is 11.6 Å². The molecule has 0 saturated carbocycles. The first kappa shape index (κ1) is 22.5. The highest BCUT2D eigenvalue weighted by Crippen LogP contribution is 2.22. The van der Waals surface area contributed by atoms with E-state index in [0.717, 1.165) is 15.7 Å². The number of aromatic carboxylic acids is 1. The third-order valence-corrected chi connectivity index (χ3v) is 5.04. The molecule has 0 radical (unpaired) electrons. The molecule has 2 aromatic heterocycles. The van der Waals surface area contributed by atoms with Gasteiger partial charge in [0.05, 0.1) is 17.8 Å². The fraction of sp³-hybridized carbons (Fsp3) is 0.125. The lowest BCUT2D eigenvalue weighted by Gasteiger charge is -2.09. The number of ether oxygens (including phenoxy) is 1. The first-order chi connectivity index (χ1) is 16.3. The van der Waals surface area contributed by atoms with E-state index in [0.29, 0.717) is 11.4 Å². The number of hydrogen-bond donors (Lipinski definition) is 2. The normalized spacial score (nSPS) is 11.4. The molecule has 0 saturated heterocycles. The average molecular weight is 459 g/mol. The van der Waals surface area contributed by atoms with E-state index in [2.05, 4.69) is 15.0 Å². The Morgan fingerprint density at radius 1 is 1.06 bits per heavy atom. The van der Waals surface area contributed by atoms with Crippen LogP contribution in [0.4, 0.5) is 5.69 Å². The monoisotopic (exact) mass is 459 g/mol. The number of carbonyl (C=O) groups is 1. The Morgan fingerprint density at radius 3 is 2.38 bits per heavy atom. The van der Waals surface area contributed by atoms with Crippen molar-refractivity contribution < 1.29 is 14.6 Å². The predicted octanol–water partition coefficient (Wildman–Crippen LogP) is 2.35. The van der Waals surface area contributed by atoms with Crippen molar-refractivity contribution in [3.63, 3.8) is 0 Å². The Labute approximate surface area is 193 Å². The maximum Gasteiger partial charge on any atom is 0.337 e. The SMILES string of the molecule is Cc1ccc(Cn2c(=O)n(C)c(=O)[nH]/c2=N\c2ccc(Oc3ccc(C(=O)O)cn3)cc2)cc1. The summed E-state index contributed by atoms with van der Waals surface area (Å²) in [5.41, 5.74) is 1.60. The summed E-state index contributed by atoms with van der Waals surface area (Å²) in [6.45, 7) is 2.22. The molecule has 0 aliphatic carbocycles. The summed E-state index contributed by atoms with van der Waals surface area (Å²) < 4.78 is 8.01. The summed E-state index contributed by atoms with van der Waals surface area (Å²) in [4.78, 5) is 47.0. The second-order valence-electron chi connectivity index (χ2n) is 7.57. The highest BCUT2D eigenvalue weighted by atomic mass is 16.5. The van der Waals surface area contributed by atoms with Gasteiger partial charge in [0.15, 0.2) is 0 Å². The van der Waals surface area contributed by atoms with Crippen LogP contribution in [0.25, 0.3) is 0 Å². The van der Waals surface area contributed by atoms with Crippen molar-refractivity contribution in [2.75, 3.05) is 0 Å². The first-order valence-corrected chi connectivity index (χ1v) is 10.3. The molecule has 10 heteroatoms. The van der Waals surface area contributed by atoms with Crippen molar-refractivity contribution in [1.82, 2.24) is 19.1 Å². The molecule has 0 aliphatic heterocycles. The van der Waals surface area contributed by atoms with E-state index in [9.17, 15) is 14.4 Å². The maximum absolute atomic E-state index is 12.8. The topological polar surface area (TPSA) is 132 Å². The van der Waals surface area contributed by atoms with Crippen molar-refractivity contribution in [3.05, 3.63) is 110 Å². The van der Waals surface area contributed by atoms with Gasteiger partial charge in [-0.3, -0.25) is 9.55 Å². The highest BCUT2D eigenvalue weighted by molar-refractivity contribution is 5.87. The van der Waals surface area contributed by atoms with E-state index in [4.69, 9.17) is 9.84 Å². The van der Waals surface area contributed by atoms with Crippen LogP contribution in [0.15, 0.2) is 81.4 Å². The number of carboxylic acids is 1. The number of rotatable bonds is 6. The van der Waals surface area contributed by atoms with Gasteiger partial charge in [0.25, 0.3) is 0 Å². The largest absolute Gasteiger partial charge is 0.478 e. The van der Waals surface area contributed by atoms with Crippen molar-refractivity contribution in [1.29, 1.82) is 0 Å². The number of hydrogen-bond acceptors (Lipinski definition) is 6. The molecule has 10 nitrogen and oxygen atoms in total. The summed E-state index contributed by atoms with van der Waals surface area (Å²) in [7, 11) is 1.40. The van der Waals surface area contributed by atoms with Crippen LogP contribution < -0.4 is 21.7 Å². The first-order valence-electron chi connectivity index (χ1n) is 10.3. The van der Waals surface area contributed by atoms with Gasteiger partial charge in [-0.1, -0.05) is 29.8 Å². The number of carboxylic acid groups (broad SMARTS) is 1. The van der Waals surface area contributed by atoms with Crippen molar-refractivity contribution in [2.45, 2.75) is 13.5 Å². The van der Waals surface area contributed by atoms with Crippen LogP contribution in [0, 0.1) is 6.92 Å². The minimum Gasteiger partial charge on any atom is -0.478 e. The third kappa shape index (κ3) is 5.01. The minimum atomic E-state index is -1.07. The van der Waals surface area contributed by atoms with Gasteiger partial charge in [0, 0.05) is 19.3 Å². The Hall–Kier alpha value is -4.73. The lowest BCUT2D eigenvalue weighted by Crippen LogP contribution is -2.48. The number of aryl methyl sites for hydroxylation is 1. The van der Waals surface area contributed by atoms with E-state index in [1.165, 1.54) is 29.9 Å². The van der Waals surface area contributed by atoms with E-state index in [1.54, 1.807) is 24.3 Å². The molecule has 0 atom stereocenters. The molecule has 34 heavy (non-hydrogen) atoms. The highest BCUT2D eigenvalue weighted by Gasteiger charge is 2.08. The molecule has 4 aromatic rings. The van der Waals surface area contributed by atoms with Gasteiger partial charge in [0.2, 0.25) is 11.5 Å². The molecule has 2 N–H and O–H groups in total. The van der Waals surface area contributed by atoms with E-state index in [1.807, 2.05) is 31.2 Å². The lowest BCUT2D eigenvalue weighted by molar-refractivity contribution is 0.0696. The van der Waals surface area contributed by atoms with Crippen molar-refractivity contribution in [2.24, 2.45) is 12.0 Å². The summed E-state index contributed by atoms with van der Waals surface area (Å²) in [6.07, 6.45) is 1.21. The van der Waals surface area contributed by atoms with Gasteiger partial charge in [-0.25, -0.2) is 28.9 Å². The summed E-state index contributed by atoms with van der Waals surface area (Å²) >= 11 is 0. The van der Waals surface area contributed by atoms with Gasteiger partial charge in [0.1, 0.15) is 5.75 Å². The van der Waals surface area contributed by atoms with E-state index >= 15 is 0 Å². The Bertz CT molecular complexity index is 1510. The summed E-state index contributed by atoms with van der Waals surface area (Å²) in [6, 6.07) is 17.2. The fourth-order valence-corrected chi connectivity index (χ4v) is 3.11. The third-order valence-electron chi connectivity index (χ3n) is 5.04. The minimum absolute atomic E-state index is 0.0587. The van der Waals surface area contributed by atoms with Crippen LogP contribution in [-0.2, 0) is 13.6 Å². The standard InChI is InChI=1S/C24H21N5O5/c1-15-3-5-16(6-4-15)14-29-22(27-23(32)28(2)24(29)33)26-18-8-10-19(11-9-18)34-20-12-7-17(13-25-20)21(30)31/h3-13H,14H2,1-2H3,(H,30,31)(H,26,27,32).